The molecule has 0 N–H and O–H groups in total. The Balaban J connectivity index is 2.46. The number of nitrogens with zero attached hydrogens (tertiary/aromatic N) is 1. The Kier molecular flexibility index (Phi) is 5.79. The number of ether oxygens (including phenoxy) is 1. The average molecular weight is 365 g/mol. The van der Waals surface area contributed by atoms with Crippen LogP contribution in [-0.4, -0.2) is 27.0 Å². The minimum Gasteiger partial charge on any atom is -0.462 e. The van der Waals surface area contributed by atoms with Crippen molar-refractivity contribution in [2.24, 2.45) is 0 Å². The maximum absolute atomic E-state index is 13.6. The number of hydrogen-bond donors (Lipinski definition) is 0. The van der Waals surface area contributed by atoms with E-state index in [2.05, 4.69) is 0 Å². The molecule has 0 amide bonds. The molecule has 0 bridgehead atoms. The van der Waals surface area contributed by atoms with Crippen LogP contribution in [0.2, 0.25) is 0 Å². The van der Waals surface area contributed by atoms with Crippen molar-refractivity contribution in [3.8, 4) is 0 Å². The minimum absolute atomic E-state index is 0.0136. The van der Waals surface area contributed by atoms with Gasteiger partial charge in [0.25, 0.3) is 10.0 Å². The fourth-order valence-electron chi connectivity index (χ4n) is 2.20. The van der Waals surface area contributed by atoms with Crippen LogP contribution in [0.15, 0.2) is 53.4 Å². The Morgan fingerprint density at radius 2 is 1.80 bits per heavy atom. The molecule has 0 fully saturated rings. The van der Waals surface area contributed by atoms with Crippen LogP contribution < -0.4 is 4.31 Å². The van der Waals surface area contributed by atoms with E-state index in [1.807, 2.05) is 6.92 Å². The lowest BCUT2D eigenvalue weighted by atomic mass is 10.2. The van der Waals surface area contributed by atoms with E-state index in [4.69, 9.17) is 4.74 Å². The van der Waals surface area contributed by atoms with Gasteiger partial charge in [-0.3, -0.25) is 9.10 Å². The zero-order chi connectivity index (χ0) is 18.6. The molecule has 5 nitrogen and oxygen atoms in total. The SMILES string of the molecule is Cc1ccc(S(=O)(=O)N(CC(=O)OC(C)C)c2cccc(F)c2)cc1. The largest absolute Gasteiger partial charge is 0.462 e. The van der Waals surface area contributed by atoms with Crippen LogP contribution in [0.1, 0.15) is 19.4 Å². The third kappa shape index (κ3) is 4.79. The molecule has 0 aliphatic rings. The Labute approximate surface area is 147 Å². The van der Waals surface area contributed by atoms with Crippen LogP contribution in [0.4, 0.5) is 10.1 Å². The number of sulfonamides is 1. The molecule has 0 aromatic heterocycles. The molecule has 7 heteroatoms. The maximum atomic E-state index is 13.6. The van der Waals surface area contributed by atoms with Crippen LogP contribution in [-0.2, 0) is 19.6 Å². The summed E-state index contributed by atoms with van der Waals surface area (Å²) in [6.07, 6.45) is -0.385. The summed E-state index contributed by atoms with van der Waals surface area (Å²) in [5.41, 5.74) is 0.955. The molecule has 0 saturated carbocycles. The van der Waals surface area contributed by atoms with Crippen molar-refractivity contribution >= 4 is 21.7 Å². The molecule has 0 aliphatic heterocycles. The summed E-state index contributed by atoms with van der Waals surface area (Å²) in [5.74, 6) is -1.31. The van der Waals surface area contributed by atoms with Crippen molar-refractivity contribution < 1.29 is 22.3 Å². The van der Waals surface area contributed by atoms with Crippen LogP contribution in [0.25, 0.3) is 0 Å². The van der Waals surface area contributed by atoms with E-state index in [1.54, 1.807) is 26.0 Å². The van der Waals surface area contributed by atoms with Crippen molar-refractivity contribution in [3.63, 3.8) is 0 Å². The van der Waals surface area contributed by atoms with E-state index in [0.29, 0.717) is 0 Å². The van der Waals surface area contributed by atoms with Gasteiger partial charge in [0.15, 0.2) is 0 Å². The highest BCUT2D eigenvalue weighted by Crippen LogP contribution is 2.24. The highest BCUT2D eigenvalue weighted by atomic mass is 32.2. The van der Waals surface area contributed by atoms with Gasteiger partial charge in [-0.15, -0.1) is 0 Å². The number of aryl methyl sites for hydroxylation is 1. The van der Waals surface area contributed by atoms with E-state index < -0.39 is 28.4 Å². The second kappa shape index (κ2) is 7.65. The Morgan fingerprint density at radius 1 is 1.16 bits per heavy atom. The molecule has 25 heavy (non-hydrogen) atoms. The topological polar surface area (TPSA) is 63.7 Å². The number of carbonyl (C=O) groups excluding carboxylic acids is 1. The molecule has 0 atom stereocenters. The number of anilines is 1. The predicted molar refractivity (Wildman–Crippen MR) is 93.3 cm³/mol. The number of esters is 1. The predicted octanol–water partition coefficient (Wildman–Crippen LogP) is 3.28. The highest BCUT2D eigenvalue weighted by molar-refractivity contribution is 7.92. The Hall–Kier alpha value is -2.41. The van der Waals surface area contributed by atoms with Gasteiger partial charge in [-0.2, -0.15) is 0 Å². The van der Waals surface area contributed by atoms with Gasteiger partial charge in [0.05, 0.1) is 16.7 Å². The first-order valence-electron chi connectivity index (χ1n) is 7.74. The van der Waals surface area contributed by atoms with Gasteiger partial charge in [-0.05, 0) is 51.1 Å². The zero-order valence-corrected chi connectivity index (χ0v) is 15.1. The molecule has 0 heterocycles. The van der Waals surface area contributed by atoms with Crippen LogP contribution in [0, 0.1) is 12.7 Å². The lowest BCUT2D eigenvalue weighted by molar-refractivity contribution is -0.145. The summed E-state index contributed by atoms with van der Waals surface area (Å²) >= 11 is 0. The first-order chi connectivity index (χ1) is 11.7. The molecular formula is C18H20FNO4S. The fraction of sp³-hybridized carbons (Fsp3) is 0.278. The van der Waals surface area contributed by atoms with Crippen molar-refractivity contribution in [2.75, 3.05) is 10.8 Å². The summed E-state index contributed by atoms with van der Waals surface area (Å²) in [6.45, 7) is 4.62. The van der Waals surface area contributed by atoms with Gasteiger partial charge in [0, 0.05) is 0 Å². The maximum Gasteiger partial charge on any atom is 0.327 e. The van der Waals surface area contributed by atoms with E-state index in [9.17, 15) is 17.6 Å². The van der Waals surface area contributed by atoms with Crippen molar-refractivity contribution in [1.29, 1.82) is 0 Å². The summed E-state index contributed by atoms with van der Waals surface area (Å²) in [4.78, 5) is 12.0. The van der Waals surface area contributed by atoms with E-state index in [-0.39, 0.29) is 16.7 Å². The van der Waals surface area contributed by atoms with Gasteiger partial charge >= 0.3 is 5.97 Å². The average Bonchev–Trinajstić information content (AvgIpc) is 2.52. The Morgan fingerprint density at radius 3 is 2.36 bits per heavy atom. The summed E-state index contributed by atoms with van der Waals surface area (Å²) in [7, 11) is -4.05. The molecule has 0 unspecified atom stereocenters. The molecule has 0 saturated heterocycles. The van der Waals surface area contributed by atoms with E-state index >= 15 is 0 Å². The molecule has 134 valence electrons. The highest BCUT2D eigenvalue weighted by Gasteiger charge is 2.28. The molecule has 0 radical (unpaired) electrons. The van der Waals surface area contributed by atoms with Gasteiger partial charge < -0.3 is 4.74 Å². The van der Waals surface area contributed by atoms with Gasteiger partial charge in [0.1, 0.15) is 12.4 Å². The van der Waals surface area contributed by atoms with Crippen LogP contribution in [0.5, 0.6) is 0 Å². The van der Waals surface area contributed by atoms with Crippen molar-refractivity contribution in [2.45, 2.75) is 31.8 Å². The zero-order valence-electron chi connectivity index (χ0n) is 14.3. The third-order valence-corrected chi connectivity index (χ3v) is 5.13. The first-order valence-corrected chi connectivity index (χ1v) is 9.18. The number of hydrogen-bond acceptors (Lipinski definition) is 4. The molecule has 0 spiro atoms. The summed E-state index contributed by atoms with van der Waals surface area (Å²) < 4.78 is 45.4. The van der Waals surface area contributed by atoms with Crippen molar-refractivity contribution in [1.82, 2.24) is 0 Å². The quantitative estimate of drug-likeness (QED) is 0.737. The van der Waals surface area contributed by atoms with E-state index in [1.165, 1.54) is 30.3 Å². The second-order valence-electron chi connectivity index (χ2n) is 5.84. The number of benzene rings is 2. The molecule has 2 aromatic rings. The molecule has 2 rings (SSSR count). The second-order valence-corrected chi connectivity index (χ2v) is 7.71. The monoisotopic (exact) mass is 365 g/mol. The summed E-state index contributed by atoms with van der Waals surface area (Å²) in [5, 5.41) is 0. The minimum atomic E-state index is -4.05. The molecule has 0 aliphatic carbocycles. The van der Waals surface area contributed by atoms with Crippen LogP contribution in [0.3, 0.4) is 0 Å². The number of rotatable bonds is 6. The van der Waals surface area contributed by atoms with E-state index in [0.717, 1.165) is 15.9 Å². The lowest BCUT2D eigenvalue weighted by Crippen LogP contribution is -2.37. The lowest BCUT2D eigenvalue weighted by Gasteiger charge is -2.24. The molecule has 2 aromatic carbocycles. The van der Waals surface area contributed by atoms with Gasteiger partial charge in [-0.25, -0.2) is 12.8 Å². The standard InChI is InChI=1S/C18H20FNO4S/c1-13(2)24-18(21)12-20(16-6-4-5-15(19)11-16)25(22,23)17-9-7-14(3)8-10-17/h4-11,13H,12H2,1-3H3. The first kappa shape index (κ1) is 18.9. The number of halogens is 1. The van der Waals surface area contributed by atoms with Crippen LogP contribution >= 0.6 is 0 Å². The fourth-order valence-corrected chi connectivity index (χ4v) is 3.60. The van der Waals surface area contributed by atoms with Crippen molar-refractivity contribution in [3.05, 3.63) is 59.9 Å². The smallest absolute Gasteiger partial charge is 0.327 e. The number of carbonyl (C=O) groups is 1. The Bertz CT molecular complexity index is 848. The normalized spacial score (nSPS) is 11.4. The van der Waals surface area contributed by atoms with Gasteiger partial charge in [-0.1, -0.05) is 23.8 Å². The summed E-state index contributed by atoms with van der Waals surface area (Å²) in [6, 6.07) is 11.3. The third-order valence-electron chi connectivity index (χ3n) is 3.35. The van der Waals surface area contributed by atoms with Gasteiger partial charge in [0.2, 0.25) is 0 Å². The molecular weight excluding hydrogens is 345 g/mol.